The molecule has 0 unspecified atom stereocenters. The Balaban J connectivity index is 0.000000289. The summed E-state index contributed by atoms with van der Waals surface area (Å²) in [7, 11) is 0.424. The van der Waals surface area contributed by atoms with Crippen LogP contribution in [0.2, 0.25) is 0 Å². The molecular formula is C10H16AuN4P. The van der Waals surface area contributed by atoms with E-state index in [0.717, 1.165) is 5.52 Å². The maximum Gasteiger partial charge on any atom is 1.00 e. The number of nitrogens with zero attached hydrogens (tertiary/aromatic N) is 4. The Morgan fingerprint density at radius 1 is 1.19 bits per heavy atom. The molecular weight excluding hydrogens is 404 g/mol. The first-order valence-electron chi connectivity index (χ1n) is 5.01. The Bertz CT molecular complexity index is 359. The molecule has 0 aliphatic carbocycles. The number of hydrogen-bond acceptors (Lipinski definition) is 3. The molecule has 4 nitrogen and oxygen atoms in total. The van der Waals surface area contributed by atoms with Gasteiger partial charge in [0.05, 0.1) is 11.7 Å². The Kier molecular flexibility index (Phi) is 8.67. The van der Waals surface area contributed by atoms with Gasteiger partial charge >= 0.3 is 22.4 Å². The molecule has 2 aromatic rings. The fourth-order valence-electron chi connectivity index (χ4n) is 0.871. The molecule has 0 bridgehead atoms. The fourth-order valence-corrected chi connectivity index (χ4v) is 1.32. The summed E-state index contributed by atoms with van der Waals surface area (Å²) in [5.74, 6) is 0. The number of rotatable bonds is 2. The molecule has 0 radical (unpaired) electrons. The summed E-state index contributed by atoms with van der Waals surface area (Å²) >= 11 is 0. The van der Waals surface area contributed by atoms with Gasteiger partial charge in [0.15, 0.2) is 0 Å². The standard InChI is InChI=1S/C5H3N4.C5H13P.Au/c1-2-7-5-4(6-1)3-8-9-5;1-4-6(3)5-2;/h1-3H;4-5H2,1-3H3;/q-1;;+1. The number of fused-ring (bicyclic) bond motifs is 1. The van der Waals surface area contributed by atoms with Crippen LogP contribution in [-0.2, 0) is 22.4 Å². The average Bonchev–Trinajstić information content (AvgIpc) is 2.76. The van der Waals surface area contributed by atoms with E-state index >= 15 is 0 Å². The van der Waals surface area contributed by atoms with E-state index in [1.165, 1.54) is 12.3 Å². The largest absolute Gasteiger partial charge is 1.00 e. The first-order valence-corrected chi connectivity index (χ1v) is 7.17. The van der Waals surface area contributed by atoms with Crippen LogP contribution in [0.5, 0.6) is 0 Å². The van der Waals surface area contributed by atoms with E-state index in [4.69, 9.17) is 0 Å². The molecule has 0 N–H and O–H groups in total. The second-order valence-electron chi connectivity index (χ2n) is 3.10. The minimum absolute atomic E-state index is 0. The van der Waals surface area contributed by atoms with Gasteiger partial charge in [0.1, 0.15) is 0 Å². The van der Waals surface area contributed by atoms with Crippen molar-refractivity contribution < 1.29 is 22.4 Å². The summed E-state index contributed by atoms with van der Waals surface area (Å²) in [6.45, 7) is 6.86. The van der Waals surface area contributed by atoms with Crippen molar-refractivity contribution in [3.8, 4) is 0 Å². The molecule has 2 aromatic heterocycles. The summed E-state index contributed by atoms with van der Waals surface area (Å²) in [4.78, 5) is 7.86. The van der Waals surface area contributed by atoms with E-state index in [0.29, 0.717) is 13.6 Å². The Hall–Kier alpha value is -0.280. The van der Waals surface area contributed by atoms with Crippen molar-refractivity contribution >= 4 is 19.1 Å². The number of hydrogen-bond donors (Lipinski definition) is 0. The molecule has 0 atom stereocenters. The summed E-state index contributed by atoms with van der Waals surface area (Å²) in [6.07, 6.45) is 7.59. The summed E-state index contributed by atoms with van der Waals surface area (Å²) in [6, 6.07) is 0. The molecule has 0 saturated heterocycles. The van der Waals surface area contributed by atoms with Crippen LogP contribution in [0.25, 0.3) is 11.2 Å². The molecule has 0 fully saturated rings. The second kappa shape index (κ2) is 8.82. The van der Waals surface area contributed by atoms with Gasteiger partial charge in [-0.05, 0) is 24.6 Å². The van der Waals surface area contributed by atoms with Crippen molar-refractivity contribution in [3.05, 3.63) is 18.6 Å². The molecule has 0 aliphatic heterocycles. The van der Waals surface area contributed by atoms with Crippen molar-refractivity contribution in [1.82, 2.24) is 20.2 Å². The molecule has 2 heterocycles. The van der Waals surface area contributed by atoms with Gasteiger partial charge in [0, 0.05) is 6.20 Å². The molecule has 2 rings (SSSR count). The van der Waals surface area contributed by atoms with Crippen LogP contribution in [0.15, 0.2) is 18.6 Å². The first-order chi connectivity index (χ1) is 7.27. The molecule has 0 aliphatic rings. The molecule has 0 aromatic carbocycles. The van der Waals surface area contributed by atoms with Gasteiger partial charge in [-0.3, -0.25) is 10.1 Å². The second-order valence-corrected chi connectivity index (χ2v) is 6.08. The monoisotopic (exact) mass is 420 g/mol. The van der Waals surface area contributed by atoms with Crippen LogP contribution in [-0.4, -0.2) is 34.1 Å². The van der Waals surface area contributed by atoms with Crippen molar-refractivity contribution in [2.24, 2.45) is 0 Å². The van der Waals surface area contributed by atoms with Crippen LogP contribution in [0.1, 0.15) is 13.8 Å². The molecule has 0 amide bonds. The van der Waals surface area contributed by atoms with E-state index in [2.05, 4.69) is 40.7 Å². The maximum absolute atomic E-state index is 3.95. The minimum Gasteiger partial charge on any atom is -0.438 e. The van der Waals surface area contributed by atoms with Gasteiger partial charge in [0.2, 0.25) is 0 Å². The predicted molar refractivity (Wildman–Crippen MR) is 64.6 cm³/mol. The van der Waals surface area contributed by atoms with Gasteiger partial charge in [-0.1, -0.05) is 20.0 Å². The summed E-state index contributed by atoms with van der Waals surface area (Å²) < 4.78 is 0. The Labute approximate surface area is 113 Å². The SMILES string of the molecule is CCP(C)CC.[Au+].c1cnc2[n-]ncc2n1. The van der Waals surface area contributed by atoms with Gasteiger partial charge < -0.3 is 10.1 Å². The topological polar surface area (TPSA) is 52.8 Å². The van der Waals surface area contributed by atoms with Gasteiger partial charge in [0.25, 0.3) is 0 Å². The zero-order chi connectivity index (χ0) is 11.1. The molecule has 0 saturated carbocycles. The van der Waals surface area contributed by atoms with Gasteiger partial charge in [-0.15, -0.1) is 7.92 Å². The van der Waals surface area contributed by atoms with Crippen LogP contribution >= 0.6 is 7.92 Å². The summed E-state index contributed by atoms with van der Waals surface area (Å²) in [5.41, 5.74) is 1.36. The van der Waals surface area contributed by atoms with Crippen LogP contribution in [0.4, 0.5) is 0 Å². The van der Waals surface area contributed by atoms with Crippen molar-refractivity contribution in [2.75, 3.05) is 19.0 Å². The Morgan fingerprint density at radius 3 is 2.31 bits per heavy atom. The zero-order valence-corrected chi connectivity index (χ0v) is 12.7. The van der Waals surface area contributed by atoms with Crippen molar-refractivity contribution in [1.29, 1.82) is 0 Å². The predicted octanol–water partition coefficient (Wildman–Crippen LogP) is 2.12. The van der Waals surface area contributed by atoms with E-state index < -0.39 is 0 Å². The van der Waals surface area contributed by atoms with Gasteiger partial charge in [-0.2, -0.15) is 0 Å². The molecule has 0 spiro atoms. The van der Waals surface area contributed by atoms with Crippen LogP contribution < -0.4 is 5.10 Å². The first kappa shape index (κ1) is 15.7. The van der Waals surface area contributed by atoms with Crippen LogP contribution in [0.3, 0.4) is 0 Å². The fraction of sp³-hybridized carbons (Fsp3) is 0.500. The molecule has 6 heteroatoms. The van der Waals surface area contributed by atoms with E-state index in [9.17, 15) is 0 Å². The quantitative estimate of drug-likeness (QED) is 0.552. The van der Waals surface area contributed by atoms with Gasteiger partial charge in [-0.25, -0.2) is 0 Å². The molecule has 92 valence electrons. The van der Waals surface area contributed by atoms with E-state index in [1.807, 2.05) is 0 Å². The Morgan fingerprint density at radius 2 is 1.81 bits per heavy atom. The number of aromatic nitrogens is 4. The third kappa shape index (κ3) is 5.17. The smallest absolute Gasteiger partial charge is 0.438 e. The average molecular weight is 420 g/mol. The minimum atomic E-state index is 0. The normalized spacial score (nSPS) is 9.50. The zero-order valence-electron chi connectivity index (χ0n) is 9.68. The van der Waals surface area contributed by atoms with E-state index in [1.54, 1.807) is 18.6 Å². The van der Waals surface area contributed by atoms with E-state index in [-0.39, 0.29) is 22.4 Å². The van der Waals surface area contributed by atoms with Crippen LogP contribution in [0, 0.1) is 0 Å². The third-order valence-electron chi connectivity index (χ3n) is 2.12. The summed E-state index contributed by atoms with van der Waals surface area (Å²) in [5, 5.41) is 7.32. The maximum atomic E-state index is 3.95. The third-order valence-corrected chi connectivity index (χ3v) is 4.28. The van der Waals surface area contributed by atoms with Crippen molar-refractivity contribution in [3.63, 3.8) is 0 Å². The van der Waals surface area contributed by atoms with Crippen molar-refractivity contribution in [2.45, 2.75) is 13.8 Å². The molecule has 16 heavy (non-hydrogen) atoms.